The lowest BCUT2D eigenvalue weighted by atomic mass is 10.2. The van der Waals surface area contributed by atoms with E-state index >= 15 is 0 Å². The van der Waals surface area contributed by atoms with Gasteiger partial charge in [-0.25, -0.2) is 0 Å². The Morgan fingerprint density at radius 3 is 2.75 bits per heavy atom. The monoisotopic (exact) mass is 241 g/mol. The van der Waals surface area contributed by atoms with Crippen LogP contribution in [0.5, 0.6) is 0 Å². The number of benzene rings is 1. The van der Waals surface area contributed by atoms with E-state index < -0.39 is 8.03 Å². The number of amides is 1. The number of hydrogen-bond donors (Lipinski definition) is 2. The molecule has 1 unspecified atom stereocenters. The molecule has 5 heteroatoms. The first-order valence-corrected chi connectivity index (χ1v) is 6.73. The number of rotatable bonds is 5. The molecular weight excluding hydrogens is 225 g/mol. The summed E-state index contributed by atoms with van der Waals surface area (Å²) in [4.78, 5) is 20.1. The maximum Gasteiger partial charge on any atom is 0.224 e. The Bertz CT molecular complexity index is 393. The molecule has 88 valence electrons. The summed E-state index contributed by atoms with van der Waals surface area (Å²) in [5.74, 6) is -0.113. The third kappa shape index (κ3) is 4.60. The van der Waals surface area contributed by atoms with Crippen LogP contribution in [0.15, 0.2) is 24.3 Å². The number of para-hydroxylation sites is 1. The Labute approximate surface area is 95.6 Å². The minimum atomic E-state index is -2.44. The van der Waals surface area contributed by atoms with Crippen molar-refractivity contribution in [3.63, 3.8) is 0 Å². The molecule has 2 N–H and O–H groups in total. The summed E-state index contributed by atoms with van der Waals surface area (Å²) in [6, 6.07) is 7.52. The summed E-state index contributed by atoms with van der Waals surface area (Å²) in [5, 5.41) is 2.77. The van der Waals surface area contributed by atoms with Crippen LogP contribution < -0.4 is 5.32 Å². The average Bonchev–Trinajstić information content (AvgIpc) is 2.21. The third-order valence-electron chi connectivity index (χ3n) is 2.21. The van der Waals surface area contributed by atoms with Gasteiger partial charge >= 0.3 is 0 Å². The van der Waals surface area contributed by atoms with Crippen molar-refractivity contribution in [3.8, 4) is 0 Å². The lowest BCUT2D eigenvalue weighted by molar-refractivity contribution is -0.116. The predicted octanol–water partition coefficient (Wildman–Crippen LogP) is 2.18. The van der Waals surface area contributed by atoms with Crippen LogP contribution >= 0.6 is 8.03 Å². The molecule has 0 aromatic heterocycles. The van der Waals surface area contributed by atoms with E-state index in [0.29, 0.717) is 6.42 Å². The summed E-state index contributed by atoms with van der Waals surface area (Å²) in [7, 11) is -2.44. The second-order valence-corrected chi connectivity index (χ2v) is 4.90. The van der Waals surface area contributed by atoms with Crippen LogP contribution in [0.1, 0.15) is 18.4 Å². The van der Waals surface area contributed by atoms with Crippen LogP contribution in [0.3, 0.4) is 0 Å². The molecule has 0 fully saturated rings. The van der Waals surface area contributed by atoms with Crippen LogP contribution in [0.4, 0.5) is 5.69 Å². The van der Waals surface area contributed by atoms with E-state index in [1.54, 1.807) is 0 Å². The fourth-order valence-corrected chi connectivity index (χ4v) is 1.81. The number of anilines is 1. The highest BCUT2D eigenvalue weighted by Gasteiger charge is 2.04. The Morgan fingerprint density at radius 1 is 1.44 bits per heavy atom. The lowest BCUT2D eigenvalue weighted by Crippen LogP contribution is -2.12. The van der Waals surface area contributed by atoms with E-state index in [1.165, 1.54) is 0 Å². The van der Waals surface area contributed by atoms with Gasteiger partial charge in [0.25, 0.3) is 0 Å². The van der Waals surface area contributed by atoms with Crippen LogP contribution in [0.2, 0.25) is 0 Å². The van der Waals surface area contributed by atoms with Gasteiger partial charge in [0.05, 0.1) is 0 Å². The molecular formula is C11H16NO3P. The van der Waals surface area contributed by atoms with Crippen LogP contribution in [-0.4, -0.2) is 17.0 Å². The van der Waals surface area contributed by atoms with E-state index in [-0.39, 0.29) is 18.5 Å². The molecule has 1 rings (SSSR count). The summed E-state index contributed by atoms with van der Waals surface area (Å²) in [6.07, 6.45) is 0.948. The van der Waals surface area contributed by atoms with Gasteiger partial charge in [-0.15, -0.1) is 0 Å². The molecule has 0 bridgehead atoms. The predicted molar refractivity (Wildman–Crippen MR) is 65.1 cm³/mol. The lowest BCUT2D eigenvalue weighted by Gasteiger charge is -2.07. The maximum absolute atomic E-state index is 11.5. The second-order valence-electron chi connectivity index (χ2n) is 3.61. The normalized spacial score (nSPS) is 12.1. The Hall–Kier alpha value is -1.12. The zero-order valence-electron chi connectivity index (χ0n) is 9.19. The summed E-state index contributed by atoms with van der Waals surface area (Å²) < 4.78 is 10.4. The Balaban J connectivity index is 2.40. The summed E-state index contributed by atoms with van der Waals surface area (Å²) >= 11 is 0. The van der Waals surface area contributed by atoms with Gasteiger partial charge in [-0.3, -0.25) is 9.36 Å². The highest BCUT2D eigenvalue weighted by molar-refractivity contribution is 7.37. The molecule has 0 heterocycles. The van der Waals surface area contributed by atoms with Crippen molar-refractivity contribution in [2.75, 3.05) is 11.5 Å². The molecule has 1 aromatic rings. The van der Waals surface area contributed by atoms with E-state index in [0.717, 1.165) is 11.3 Å². The molecule has 0 aliphatic heterocycles. The zero-order valence-corrected chi connectivity index (χ0v) is 10.2. The fraction of sp³-hybridized carbons (Fsp3) is 0.364. The van der Waals surface area contributed by atoms with Crippen LogP contribution in [-0.2, 0) is 9.36 Å². The van der Waals surface area contributed by atoms with E-state index in [9.17, 15) is 9.36 Å². The number of aryl methyl sites for hydroxylation is 1. The summed E-state index contributed by atoms with van der Waals surface area (Å²) in [5.41, 5.74) is 1.80. The first-order chi connectivity index (χ1) is 7.59. The first-order valence-electron chi connectivity index (χ1n) is 5.17. The molecule has 0 saturated heterocycles. The van der Waals surface area contributed by atoms with E-state index in [1.807, 2.05) is 31.2 Å². The number of hydrogen-bond acceptors (Lipinski definition) is 2. The van der Waals surface area contributed by atoms with Gasteiger partial charge in [0, 0.05) is 18.3 Å². The smallest absolute Gasteiger partial charge is 0.224 e. The molecule has 0 aliphatic rings. The standard InChI is InChI=1S/C11H16NO3P/c1-9-5-2-3-6-10(9)12-11(13)7-4-8-16(14)15/h2-3,5-6,16H,4,7-8H2,1H3,(H,12,13)(H,14,15). The Kier molecular flexibility index (Phi) is 5.23. The second kappa shape index (κ2) is 6.46. The molecule has 1 atom stereocenters. The van der Waals surface area contributed by atoms with Crippen molar-refractivity contribution < 1.29 is 14.3 Å². The average molecular weight is 241 g/mol. The van der Waals surface area contributed by atoms with Crippen molar-refractivity contribution in [1.29, 1.82) is 0 Å². The van der Waals surface area contributed by atoms with Gasteiger partial charge in [0.2, 0.25) is 5.91 Å². The molecule has 1 aromatic carbocycles. The molecule has 4 nitrogen and oxygen atoms in total. The third-order valence-corrected chi connectivity index (χ3v) is 2.99. The molecule has 0 aliphatic carbocycles. The fourth-order valence-electron chi connectivity index (χ4n) is 1.33. The molecule has 0 saturated carbocycles. The molecule has 0 radical (unpaired) electrons. The number of carbonyl (C=O) groups excluding carboxylic acids is 1. The zero-order chi connectivity index (χ0) is 12.0. The summed E-state index contributed by atoms with van der Waals surface area (Å²) in [6.45, 7) is 1.92. The largest absolute Gasteiger partial charge is 0.346 e. The minimum absolute atomic E-state index is 0.113. The maximum atomic E-state index is 11.5. The van der Waals surface area contributed by atoms with Gasteiger partial charge < -0.3 is 10.2 Å². The minimum Gasteiger partial charge on any atom is -0.346 e. The van der Waals surface area contributed by atoms with Crippen LogP contribution in [0.25, 0.3) is 0 Å². The van der Waals surface area contributed by atoms with E-state index in [2.05, 4.69) is 5.32 Å². The van der Waals surface area contributed by atoms with Gasteiger partial charge in [0.1, 0.15) is 0 Å². The van der Waals surface area contributed by atoms with E-state index in [4.69, 9.17) is 4.89 Å². The molecule has 16 heavy (non-hydrogen) atoms. The SMILES string of the molecule is Cc1ccccc1NC(=O)CCC[PH](=O)O. The highest BCUT2D eigenvalue weighted by Crippen LogP contribution is 2.16. The first kappa shape index (κ1) is 12.9. The van der Waals surface area contributed by atoms with Crippen molar-refractivity contribution in [2.45, 2.75) is 19.8 Å². The molecule has 1 amide bonds. The van der Waals surface area contributed by atoms with Crippen molar-refractivity contribution in [1.82, 2.24) is 0 Å². The van der Waals surface area contributed by atoms with Crippen LogP contribution in [0, 0.1) is 6.92 Å². The van der Waals surface area contributed by atoms with Crippen molar-refractivity contribution in [3.05, 3.63) is 29.8 Å². The molecule has 0 spiro atoms. The topological polar surface area (TPSA) is 66.4 Å². The Morgan fingerprint density at radius 2 is 2.12 bits per heavy atom. The number of carbonyl (C=O) groups is 1. The van der Waals surface area contributed by atoms with Crippen molar-refractivity contribution >= 4 is 19.6 Å². The van der Waals surface area contributed by atoms with Gasteiger partial charge in [-0.2, -0.15) is 0 Å². The van der Waals surface area contributed by atoms with Gasteiger partial charge in [0.15, 0.2) is 8.03 Å². The highest BCUT2D eigenvalue weighted by atomic mass is 31.1. The van der Waals surface area contributed by atoms with Gasteiger partial charge in [-0.05, 0) is 25.0 Å². The number of nitrogens with one attached hydrogen (secondary N) is 1. The van der Waals surface area contributed by atoms with Crippen molar-refractivity contribution in [2.24, 2.45) is 0 Å². The quantitative estimate of drug-likeness (QED) is 0.776. The van der Waals surface area contributed by atoms with Gasteiger partial charge in [-0.1, -0.05) is 18.2 Å².